The first-order chi connectivity index (χ1) is 8.09. The van der Waals surface area contributed by atoms with Gasteiger partial charge in [0.2, 0.25) is 10.0 Å². The first kappa shape index (κ1) is 15.4. The predicted octanol–water partition coefficient (Wildman–Crippen LogP) is 1.39. The van der Waals surface area contributed by atoms with Crippen molar-refractivity contribution in [1.29, 1.82) is 0 Å². The molecule has 0 heterocycles. The fourth-order valence-corrected chi connectivity index (χ4v) is 3.53. The SMILES string of the molecule is Cc1cc(Br)c(N)cc1S(=O)(=O)NC(C)(C)CO. The highest BCUT2D eigenvalue weighted by Crippen LogP contribution is 2.27. The van der Waals surface area contributed by atoms with Gasteiger partial charge in [-0.3, -0.25) is 0 Å². The molecule has 1 aromatic rings. The number of aliphatic hydroxyl groups excluding tert-OH is 1. The Morgan fingerprint density at radius 3 is 2.50 bits per heavy atom. The van der Waals surface area contributed by atoms with E-state index in [9.17, 15) is 8.42 Å². The second-order valence-corrected chi connectivity index (χ2v) is 7.29. The Morgan fingerprint density at radius 2 is 2.00 bits per heavy atom. The highest BCUT2D eigenvalue weighted by Gasteiger charge is 2.27. The summed E-state index contributed by atoms with van der Waals surface area (Å²) in [5.74, 6) is 0. The van der Waals surface area contributed by atoms with Crippen molar-refractivity contribution in [2.75, 3.05) is 12.3 Å². The number of benzene rings is 1. The van der Waals surface area contributed by atoms with E-state index in [1.54, 1.807) is 26.8 Å². The highest BCUT2D eigenvalue weighted by atomic mass is 79.9. The molecular formula is C11H17BrN2O3S. The topological polar surface area (TPSA) is 92.4 Å². The fourth-order valence-electron chi connectivity index (χ4n) is 1.41. The van der Waals surface area contributed by atoms with Crippen molar-refractivity contribution < 1.29 is 13.5 Å². The Morgan fingerprint density at radius 1 is 1.44 bits per heavy atom. The van der Waals surface area contributed by atoms with Gasteiger partial charge < -0.3 is 10.8 Å². The molecule has 0 bridgehead atoms. The fraction of sp³-hybridized carbons (Fsp3) is 0.455. The monoisotopic (exact) mass is 336 g/mol. The maximum absolute atomic E-state index is 12.2. The zero-order valence-electron chi connectivity index (χ0n) is 10.5. The van der Waals surface area contributed by atoms with Gasteiger partial charge in [0.05, 0.1) is 17.0 Å². The molecule has 0 saturated carbocycles. The maximum atomic E-state index is 12.2. The van der Waals surface area contributed by atoms with Gasteiger partial charge in [0, 0.05) is 10.2 Å². The summed E-state index contributed by atoms with van der Waals surface area (Å²) in [7, 11) is -3.71. The maximum Gasteiger partial charge on any atom is 0.241 e. The first-order valence-corrected chi connectivity index (χ1v) is 7.57. The Hall–Kier alpha value is -0.630. The van der Waals surface area contributed by atoms with Gasteiger partial charge in [0.25, 0.3) is 0 Å². The van der Waals surface area contributed by atoms with Crippen LogP contribution >= 0.6 is 15.9 Å². The van der Waals surface area contributed by atoms with Gasteiger partial charge >= 0.3 is 0 Å². The largest absolute Gasteiger partial charge is 0.398 e. The molecular weight excluding hydrogens is 320 g/mol. The molecule has 102 valence electrons. The molecule has 0 saturated heterocycles. The molecule has 1 aromatic carbocycles. The molecule has 0 fully saturated rings. The third-order valence-electron chi connectivity index (χ3n) is 2.39. The minimum absolute atomic E-state index is 0.115. The lowest BCUT2D eigenvalue weighted by molar-refractivity contribution is 0.208. The summed E-state index contributed by atoms with van der Waals surface area (Å²) in [5, 5.41) is 9.11. The van der Waals surface area contributed by atoms with Crippen LogP contribution in [0.3, 0.4) is 0 Å². The van der Waals surface area contributed by atoms with E-state index >= 15 is 0 Å². The van der Waals surface area contributed by atoms with Gasteiger partial charge in [-0.1, -0.05) is 0 Å². The zero-order valence-corrected chi connectivity index (χ0v) is 12.9. The van der Waals surface area contributed by atoms with E-state index in [0.29, 0.717) is 15.7 Å². The third kappa shape index (κ3) is 3.44. The lowest BCUT2D eigenvalue weighted by Gasteiger charge is -2.24. The van der Waals surface area contributed by atoms with Crippen LogP contribution in [-0.4, -0.2) is 25.7 Å². The Labute approximate surface area is 116 Å². The quantitative estimate of drug-likeness (QED) is 0.724. The summed E-state index contributed by atoms with van der Waals surface area (Å²) in [6.45, 7) is 4.59. The van der Waals surface area contributed by atoms with Crippen molar-refractivity contribution in [3.05, 3.63) is 22.2 Å². The molecule has 0 unspecified atom stereocenters. The minimum Gasteiger partial charge on any atom is -0.398 e. The van der Waals surface area contributed by atoms with Gasteiger partial charge in [0.1, 0.15) is 0 Å². The summed E-state index contributed by atoms with van der Waals surface area (Å²) >= 11 is 3.24. The number of halogens is 1. The number of nitrogens with two attached hydrogens (primary N) is 1. The van der Waals surface area contributed by atoms with Crippen LogP contribution < -0.4 is 10.5 Å². The highest BCUT2D eigenvalue weighted by molar-refractivity contribution is 9.10. The van der Waals surface area contributed by atoms with Crippen molar-refractivity contribution >= 4 is 31.6 Å². The molecule has 0 spiro atoms. The van der Waals surface area contributed by atoms with Crippen molar-refractivity contribution in [2.45, 2.75) is 31.2 Å². The molecule has 0 aliphatic heterocycles. The van der Waals surface area contributed by atoms with Crippen LogP contribution in [0.5, 0.6) is 0 Å². The normalized spacial score (nSPS) is 12.7. The number of anilines is 1. The molecule has 0 aromatic heterocycles. The number of aryl methyl sites for hydroxylation is 1. The molecule has 7 heteroatoms. The number of hydrogen-bond donors (Lipinski definition) is 3. The van der Waals surface area contributed by atoms with Crippen LogP contribution in [0.25, 0.3) is 0 Å². The van der Waals surface area contributed by atoms with Crippen LogP contribution in [0.1, 0.15) is 19.4 Å². The Kier molecular flexibility index (Phi) is 4.42. The molecule has 5 nitrogen and oxygen atoms in total. The summed E-state index contributed by atoms with van der Waals surface area (Å²) < 4.78 is 27.5. The summed E-state index contributed by atoms with van der Waals surface area (Å²) in [6.07, 6.45) is 0. The zero-order chi connectivity index (χ0) is 14.1. The van der Waals surface area contributed by atoms with Crippen molar-refractivity contribution in [1.82, 2.24) is 4.72 Å². The predicted molar refractivity (Wildman–Crippen MR) is 74.8 cm³/mol. The van der Waals surface area contributed by atoms with Crippen LogP contribution in [-0.2, 0) is 10.0 Å². The van der Waals surface area contributed by atoms with E-state index in [2.05, 4.69) is 20.7 Å². The molecule has 0 aliphatic carbocycles. The standard InChI is InChI=1S/C11H17BrN2O3S/c1-7-4-8(12)9(13)5-10(7)18(16,17)14-11(2,3)6-15/h4-5,14-15H,6,13H2,1-3H3. The summed E-state index contributed by atoms with van der Waals surface area (Å²) in [6, 6.07) is 3.05. The van der Waals surface area contributed by atoms with E-state index < -0.39 is 15.6 Å². The van der Waals surface area contributed by atoms with Gasteiger partial charge in [-0.15, -0.1) is 0 Å². The number of nitrogen functional groups attached to an aromatic ring is 1. The number of nitrogens with one attached hydrogen (secondary N) is 1. The first-order valence-electron chi connectivity index (χ1n) is 5.29. The smallest absolute Gasteiger partial charge is 0.241 e. The van der Waals surface area contributed by atoms with Crippen molar-refractivity contribution in [3.63, 3.8) is 0 Å². The van der Waals surface area contributed by atoms with E-state index in [0.717, 1.165) is 0 Å². The van der Waals surface area contributed by atoms with Crippen LogP contribution in [0.4, 0.5) is 5.69 Å². The number of sulfonamides is 1. The average molecular weight is 337 g/mol. The van der Waals surface area contributed by atoms with E-state index in [1.807, 2.05) is 0 Å². The average Bonchev–Trinajstić information content (AvgIpc) is 2.21. The van der Waals surface area contributed by atoms with Crippen LogP contribution in [0.2, 0.25) is 0 Å². The number of hydrogen-bond acceptors (Lipinski definition) is 4. The molecule has 0 atom stereocenters. The third-order valence-corrected chi connectivity index (χ3v) is 4.92. The second kappa shape index (κ2) is 5.16. The molecule has 0 radical (unpaired) electrons. The lowest BCUT2D eigenvalue weighted by Crippen LogP contribution is -2.46. The number of aliphatic hydroxyl groups is 1. The molecule has 0 amide bonds. The summed E-state index contributed by atoms with van der Waals surface area (Å²) in [4.78, 5) is 0.115. The van der Waals surface area contributed by atoms with Crippen molar-refractivity contribution in [2.24, 2.45) is 0 Å². The van der Waals surface area contributed by atoms with Gasteiger partial charge in [-0.2, -0.15) is 0 Å². The van der Waals surface area contributed by atoms with Crippen LogP contribution in [0.15, 0.2) is 21.5 Å². The molecule has 0 aliphatic rings. The molecule has 4 N–H and O–H groups in total. The second-order valence-electron chi connectivity index (χ2n) is 4.79. The van der Waals surface area contributed by atoms with Gasteiger partial charge in [0.15, 0.2) is 0 Å². The van der Waals surface area contributed by atoms with Crippen LogP contribution in [0, 0.1) is 6.92 Å². The van der Waals surface area contributed by atoms with E-state index in [4.69, 9.17) is 10.8 Å². The van der Waals surface area contributed by atoms with Crippen molar-refractivity contribution in [3.8, 4) is 0 Å². The van der Waals surface area contributed by atoms with Gasteiger partial charge in [-0.05, 0) is 54.4 Å². The lowest BCUT2D eigenvalue weighted by atomic mass is 10.1. The minimum atomic E-state index is -3.71. The van der Waals surface area contributed by atoms with Gasteiger partial charge in [-0.25, -0.2) is 13.1 Å². The molecule has 18 heavy (non-hydrogen) atoms. The van der Waals surface area contributed by atoms with E-state index in [1.165, 1.54) is 6.07 Å². The molecule has 1 rings (SSSR count). The Balaban J connectivity index is 3.26. The Bertz CT molecular complexity index is 556. The van der Waals surface area contributed by atoms with E-state index in [-0.39, 0.29) is 11.5 Å². The number of rotatable bonds is 4. The summed E-state index contributed by atoms with van der Waals surface area (Å²) in [5.41, 5.74) is 5.70.